The second kappa shape index (κ2) is 7.90. The molecule has 0 spiro atoms. The number of rotatable bonds is 5. The Morgan fingerprint density at radius 3 is 2.53 bits per heavy atom. The molecule has 2 heterocycles. The van der Waals surface area contributed by atoms with Gasteiger partial charge in [-0.3, -0.25) is 9.36 Å². The summed E-state index contributed by atoms with van der Waals surface area (Å²) < 4.78 is 47.7. The van der Waals surface area contributed by atoms with Gasteiger partial charge >= 0.3 is 12.3 Å². The van der Waals surface area contributed by atoms with Gasteiger partial charge in [-0.1, -0.05) is 6.07 Å². The summed E-state index contributed by atoms with van der Waals surface area (Å²) in [6, 6.07) is 9.91. The van der Waals surface area contributed by atoms with Crippen LogP contribution in [0.25, 0.3) is 22.3 Å². The zero-order chi connectivity index (χ0) is 22.1. The summed E-state index contributed by atoms with van der Waals surface area (Å²) in [5.74, 6) is -1.60. The minimum Gasteiger partial charge on any atom is -0.466 e. The maximum absolute atomic E-state index is 12.6. The molecule has 0 aliphatic heterocycles. The molecule has 156 valence electrons. The van der Waals surface area contributed by atoms with E-state index in [1.807, 2.05) is 0 Å². The number of halogens is 3. The van der Waals surface area contributed by atoms with E-state index in [2.05, 4.69) is 14.5 Å². The van der Waals surface area contributed by atoms with Crippen LogP contribution in [0.4, 0.5) is 13.2 Å². The maximum Gasteiger partial charge on any atom is 0.573 e. The summed E-state index contributed by atoms with van der Waals surface area (Å²) >= 11 is 0. The second-order valence-corrected chi connectivity index (χ2v) is 6.23. The Morgan fingerprint density at radius 1 is 1.17 bits per heavy atom. The topological polar surface area (TPSA) is 96.4 Å². The zero-order valence-electron chi connectivity index (χ0n) is 15.9. The van der Waals surface area contributed by atoms with E-state index in [0.717, 1.165) is 12.1 Å². The molecular formula is C20H16F3N3O4. The number of aromatic nitrogens is 2. The SMILES string of the molecule is COC(=O)/C=C(\C)c1cccc(-n2c(C(N)=O)cc3ccc(OC(F)(F)F)cc32)n1. The van der Waals surface area contributed by atoms with E-state index in [1.54, 1.807) is 25.1 Å². The number of nitrogens with zero attached hydrogens (tertiary/aromatic N) is 2. The maximum atomic E-state index is 12.6. The summed E-state index contributed by atoms with van der Waals surface area (Å²) in [5.41, 5.74) is 6.62. The molecule has 0 aliphatic rings. The van der Waals surface area contributed by atoms with Gasteiger partial charge in [-0.05, 0) is 42.8 Å². The van der Waals surface area contributed by atoms with Gasteiger partial charge in [0.15, 0.2) is 0 Å². The van der Waals surface area contributed by atoms with Crippen molar-refractivity contribution in [1.29, 1.82) is 0 Å². The van der Waals surface area contributed by atoms with Gasteiger partial charge in [-0.2, -0.15) is 0 Å². The fraction of sp³-hybridized carbons (Fsp3) is 0.150. The third kappa shape index (κ3) is 4.43. The fourth-order valence-corrected chi connectivity index (χ4v) is 2.88. The summed E-state index contributed by atoms with van der Waals surface area (Å²) in [6.45, 7) is 1.64. The third-order valence-electron chi connectivity index (χ3n) is 4.17. The summed E-state index contributed by atoms with van der Waals surface area (Å²) in [5, 5.41) is 0.465. The Hall–Kier alpha value is -3.82. The average Bonchev–Trinajstić information content (AvgIpc) is 3.05. The first-order valence-corrected chi connectivity index (χ1v) is 8.54. The summed E-state index contributed by atoms with van der Waals surface area (Å²) in [4.78, 5) is 27.9. The second-order valence-electron chi connectivity index (χ2n) is 6.23. The van der Waals surface area contributed by atoms with Crippen LogP contribution in [0.3, 0.4) is 0 Å². The van der Waals surface area contributed by atoms with E-state index in [9.17, 15) is 22.8 Å². The molecule has 2 aromatic heterocycles. The Morgan fingerprint density at radius 2 is 1.90 bits per heavy atom. The first-order chi connectivity index (χ1) is 14.1. The van der Waals surface area contributed by atoms with Crippen molar-refractivity contribution in [2.24, 2.45) is 5.73 Å². The van der Waals surface area contributed by atoms with E-state index in [4.69, 9.17) is 5.73 Å². The van der Waals surface area contributed by atoms with Crippen LogP contribution in [-0.4, -0.2) is 34.9 Å². The van der Waals surface area contributed by atoms with Crippen LogP contribution in [0.5, 0.6) is 5.75 Å². The van der Waals surface area contributed by atoms with Gasteiger partial charge in [0.05, 0.1) is 18.3 Å². The molecular weight excluding hydrogens is 403 g/mol. The molecule has 3 aromatic rings. The molecule has 7 nitrogen and oxygen atoms in total. The lowest BCUT2D eigenvalue weighted by molar-refractivity contribution is -0.274. The van der Waals surface area contributed by atoms with Crippen LogP contribution in [0.2, 0.25) is 0 Å². The minimum atomic E-state index is -4.87. The highest BCUT2D eigenvalue weighted by molar-refractivity contribution is 5.99. The Labute approximate surface area is 168 Å². The number of esters is 1. The van der Waals surface area contributed by atoms with Crippen LogP contribution in [0.15, 0.2) is 48.5 Å². The molecule has 0 bridgehead atoms. The lowest BCUT2D eigenvalue weighted by Gasteiger charge is -2.12. The average molecular weight is 419 g/mol. The van der Waals surface area contributed by atoms with E-state index < -0.39 is 24.0 Å². The van der Waals surface area contributed by atoms with Gasteiger partial charge in [0.25, 0.3) is 5.91 Å². The van der Waals surface area contributed by atoms with E-state index in [-0.39, 0.29) is 17.0 Å². The Bertz CT molecular complexity index is 1170. The Balaban J connectivity index is 2.19. The van der Waals surface area contributed by atoms with Crippen molar-refractivity contribution in [3.63, 3.8) is 0 Å². The number of alkyl halides is 3. The number of benzene rings is 1. The number of amides is 1. The van der Waals surface area contributed by atoms with Crippen molar-refractivity contribution in [3.8, 4) is 11.6 Å². The predicted molar refractivity (Wildman–Crippen MR) is 102 cm³/mol. The summed E-state index contributed by atoms with van der Waals surface area (Å²) in [7, 11) is 1.24. The molecule has 0 saturated heterocycles. The van der Waals surface area contributed by atoms with Crippen molar-refractivity contribution >= 4 is 28.4 Å². The number of fused-ring (bicyclic) bond motifs is 1. The van der Waals surface area contributed by atoms with Crippen molar-refractivity contribution in [3.05, 3.63) is 59.9 Å². The third-order valence-corrected chi connectivity index (χ3v) is 4.17. The van der Waals surface area contributed by atoms with E-state index in [0.29, 0.717) is 16.7 Å². The highest BCUT2D eigenvalue weighted by atomic mass is 19.4. The standard InChI is InChI=1S/C20H16F3N3O4/c1-11(8-18(27)29-2)14-4-3-5-17(25-14)26-15-10-13(30-20(21,22)23)7-6-12(15)9-16(26)19(24)28/h3-10H,1-2H3,(H2,24,28)/b11-8+. The monoisotopic (exact) mass is 419 g/mol. The van der Waals surface area contributed by atoms with Crippen LogP contribution < -0.4 is 10.5 Å². The number of nitrogens with two attached hydrogens (primary N) is 1. The van der Waals surface area contributed by atoms with Crippen molar-refractivity contribution < 1.29 is 32.2 Å². The first kappa shape index (κ1) is 20.9. The molecule has 0 fully saturated rings. The highest BCUT2D eigenvalue weighted by Crippen LogP contribution is 2.30. The molecule has 0 atom stereocenters. The zero-order valence-corrected chi connectivity index (χ0v) is 15.9. The van der Waals surface area contributed by atoms with Crippen molar-refractivity contribution in [2.75, 3.05) is 7.11 Å². The molecule has 2 N–H and O–H groups in total. The van der Waals surface area contributed by atoms with E-state index >= 15 is 0 Å². The molecule has 1 amide bonds. The molecule has 1 aromatic carbocycles. The van der Waals surface area contributed by atoms with Crippen molar-refractivity contribution in [1.82, 2.24) is 9.55 Å². The molecule has 3 rings (SSSR count). The van der Waals surface area contributed by atoms with E-state index in [1.165, 1.54) is 29.9 Å². The number of carbonyl (C=O) groups is 2. The van der Waals surface area contributed by atoms with Crippen LogP contribution in [0, 0.1) is 0 Å². The summed E-state index contributed by atoms with van der Waals surface area (Å²) in [6.07, 6.45) is -3.63. The fourth-order valence-electron chi connectivity index (χ4n) is 2.88. The molecule has 0 unspecified atom stereocenters. The number of allylic oxidation sites excluding steroid dienone is 1. The predicted octanol–water partition coefficient (Wildman–Crippen LogP) is 3.60. The van der Waals surface area contributed by atoms with Crippen LogP contribution in [-0.2, 0) is 9.53 Å². The van der Waals surface area contributed by atoms with Gasteiger partial charge in [0, 0.05) is 17.5 Å². The van der Waals surface area contributed by atoms with Crippen LogP contribution >= 0.6 is 0 Å². The smallest absolute Gasteiger partial charge is 0.466 e. The van der Waals surface area contributed by atoms with Crippen LogP contribution in [0.1, 0.15) is 23.1 Å². The number of carbonyl (C=O) groups excluding carboxylic acids is 2. The van der Waals surface area contributed by atoms with Gasteiger partial charge in [0.1, 0.15) is 17.3 Å². The molecule has 0 saturated carbocycles. The number of hydrogen-bond donors (Lipinski definition) is 1. The van der Waals surface area contributed by atoms with Gasteiger partial charge in [-0.25, -0.2) is 9.78 Å². The largest absolute Gasteiger partial charge is 0.573 e. The number of methoxy groups -OCH3 is 1. The lowest BCUT2D eigenvalue weighted by Crippen LogP contribution is -2.17. The lowest BCUT2D eigenvalue weighted by atomic mass is 10.2. The van der Waals surface area contributed by atoms with Crippen molar-refractivity contribution in [2.45, 2.75) is 13.3 Å². The number of primary amides is 1. The van der Waals surface area contributed by atoms with Gasteiger partial charge in [0.2, 0.25) is 0 Å². The first-order valence-electron chi connectivity index (χ1n) is 8.54. The van der Waals surface area contributed by atoms with Gasteiger partial charge in [-0.15, -0.1) is 13.2 Å². The number of hydrogen-bond acceptors (Lipinski definition) is 5. The minimum absolute atomic E-state index is 0.0217. The quantitative estimate of drug-likeness (QED) is 0.504. The Kier molecular flexibility index (Phi) is 5.50. The molecule has 0 radical (unpaired) electrons. The highest BCUT2D eigenvalue weighted by Gasteiger charge is 2.31. The molecule has 30 heavy (non-hydrogen) atoms. The molecule has 0 aliphatic carbocycles. The molecule has 10 heteroatoms. The van der Waals surface area contributed by atoms with Gasteiger partial charge < -0.3 is 15.2 Å². The number of ether oxygens (including phenoxy) is 2. The normalized spacial score (nSPS) is 12.1. The number of pyridine rings is 1.